The van der Waals surface area contributed by atoms with Crippen molar-refractivity contribution < 1.29 is 10.0 Å². The van der Waals surface area contributed by atoms with Gasteiger partial charge in [-0.2, -0.15) is 0 Å². The van der Waals surface area contributed by atoms with Gasteiger partial charge in [-0.15, -0.1) is 0 Å². The van der Waals surface area contributed by atoms with Crippen LogP contribution in [0.3, 0.4) is 0 Å². The molecule has 1 fully saturated rings. The molecule has 2 aromatic carbocycles. The van der Waals surface area contributed by atoms with E-state index in [1.807, 2.05) is 6.07 Å². The molecule has 2 N–H and O–H groups in total. The normalized spacial score (nSPS) is 17.6. The molecule has 6 heteroatoms. The van der Waals surface area contributed by atoms with Crippen LogP contribution in [0.5, 0.6) is 0 Å². The van der Waals surface area contributed by atoms with E-state index in [0.717, 1.165) is 38.2 Å². The van der Waals surface area contributed by atoms with Crippen molar-refractivity contribution >= 4 is 11.4 Å². The highest BCUT2D eigenvalue weighted by atomic mass is 16.6. The molecule has 0 saturated carbocycles. The van der Waals surface area contributed by atoms with Crippen LogP contribution in [0.25, 0.3) is 0 Å². The van der Waals surface area contributed by atoms with Gasteiger partial charge < -0.3 is 15.3 Å². The second-order valence-electron chi connectivity index (χ2n) is 6.42. The SMILES string of the molecule is O=[N+]([O-])c1cc(NC2CCN(CCc3ccccc3)C2)ccc1CO. The molecule has 0 aliphatic carbocycles. The van der Waals surface area contributed by atoms with E-state index in [4.69, 9.17) is 0 Å². The number of likely N-dealkylation sites (tertiary alicyclic amines) is 1. The lowest BCUT2D eigenvalue weighted by Crippen LogP contribution is -2.27. The molecule has 1 aliphatic rings. The summed E-state index contributed by atoms with van der Waals surface area (Å²) in [6.07, 6.45) is 2.05. The number of nitrogens with zero attached hydrogens (tertiary/aromatic N) is 2. The van der Waals surface area contributed by atoms with Crippen molar-refractivity contribution in [2.75, 3.05) is 25.0 Å². The van der Waals surface area contributed by atoms with Crippen LogP contribution in [0.15, 0.2) is 48.5 Å². The quantitative estimate of drug-likeness (QED) is 0.598. The zero-order valence-corrected chi connectivity index (χ0v) is 14.1. The van der Waals surface area contributed by atoms with Gasteiger partial charge in [0, 0.05) is 37.4 Å². The first-order valence-corrected chi connectivity index (χ1v) is 8.56. The van der Waals surface area contributed by atoms with E-state index in [1.165, 1.54) is 11.6 Å². The predicted molar refractivity (Wildman–Crippen MR) is 97.6 cm³/mol. The molecule has 0 radical (unpaired) electrons. The molecule has 1 heterocycles. The van der Waals surface area contributed by atoms with E-state index in [9.17, 15) is 15.2 Å². The van der Waals surface area contributed by atoms with Crippen LogP contribution in [0.4, 0.5) is 11.4 Å². The van der Waals surface area contributed by atoms with Crippen molar-refractivity contribution in [3.05, 3.63) is 69.8 Å². The molecule has 1 unspecified atom stereocenters. The number of anilines is 1. The Morgan fingerprint density at radius 3 is 2.76 bits per heavy atom. The number of hydrogen-bond donors (Lipinski definition) is 2. The topological polar surface area (TPSA) is 78.6 Å². The summed E-state index contributed by atoms with van der Waals surface area (Å²) in [5.74, 6) is 0. The Kier molecular flexibility index (Phi) is 5.63. The minimum Gasteiger partial charge on any atom is -0.391 e. The van der Waals surface area contributed by atoms with Crippen molar-refractivity contribution in [2.45, 2.75) is 25.5 Å². The lowest BCUT2D eigenvalue weighted by molar-refractivity contribution is -0.385. The lowest BCUT2D eigenvalue weighted by Gasteiger charge is -2.17. The molecule has 3 rings (SSSR count). The third kappa shape index (κ3) is 4.55. The smallest absolute Gasteiger partial charge is 0.276 e. The van der Waals surface area contributed by atoms with Gasteiger partial charge in [0.2, 0.25) is 0 Å². The average Bonchev–Trinajstić information content (AvgIpc) is 3.08. The summed E-state index contributed by atoms with van der Waals surface area (Å²) in [6.45, 7) is 2.66. The maximum atomic E-state index is 11.1. The molecule has 0 amide bonds. The van der Waals surface area contributed by atoms with Crippen LogP contribution < -0.4 is 5.32 Å². The highest BCUT2D eigenvalue weighted by Crippen LogP contribution is 2.25. The molecule has 6 nitrogen and oxygen atoms in total. The molecular formula is C19H23N3O3. The number of hydrogen-bond acceptors (Lipinski definition) is 5. The van der Waals surface area contributed by atoms with E-state index in [-0.39, 0.29) is 18.3 Å². The van der Waals surface area contributed by atoms with Crippen LogP contribution in [0.1, 0.15) is 17.5 Å². The number of nitrogens with one attached hydrogen (secondary N) is 1. The van der Waals surface area contributed by atoms with Crippen molar-refractivity contribution in [1.82, 2.24) is 4.90 Å². The third-order valence-electron chi connectivity index (χ3n) is 4.66. The number of benzene rings is 2. The van der Waals surface area contributed by atoms with Crippen molar-refractivity contribution in [3.8, 4) is 0 Å². The highest BCUT2D eigenvalue weighted by Gasteiger charge is 2.23. The Bertz CT molecular complexity index is 721. The molecule has 0 spiro atoms. The highest BCUT2D eigenvalue weighted by molar-refractivity contribution is 5.55. The monoisotopic (exact) mass is 341 g/mol. The van der Waals surface area contributed by atoms with Crippen molar-refractivity contribution in [2.24, 2.45) is 0 Å². The lowest BCUT2D eigenvalue weighted by atomic mass is 10.1. The zero-order valence-electron chi connectivity index (χ0n) is 14.1. The first kappa shape index (κ1) is 17.4. The van der Waals surface area contributed by atoms with Crippen LogP contribution >= 0.6 is 0 Å². The molecular weight excluding hydrogens is 318 g/mol. The van der Waals surface area contributed by atoms with E-state index in [2.05, 4.69) is 34.5 Å². The van der Waals surface area contributed by atoms with Gasteiger partial charge >= 0.3 is 0 Å². The molecule has 0 aromatic heterocycles. The van der Waals surface area contributed by atoms with Gasteiger partial charge in [0.1, 0.15) is 0 Å². The largest absolute Gasteiger partial charge is 0.391 e. The van der Waals surface area contributed by atoms with Gasteiger partial charge in [-0.3, -0.25) is 10.1 Å². The Hall–Kier alpha value is -2.44. The van der Waals surface area contributed by atoms with Crippen LogP contribution in [0.2, 0.25) is 0 Å². The molecule has 2 aromatic rings. The molecule has 132 valence electrons. The summed E-state index contributed by atoms with van der Waals surface area (Å²) >= 11 is 0. The van der Waals surface area contributed by atoms with Gasteiger partial charge in [-0.05, 0) is 30.5 Å². The zero-order chi connectivity index (χ0) is 17.6. The maximum absolute atomic E-state index is 11.1. The predicted octanol–water partition coefficient (Wildman–Crippen LogP) is 2.82. The summed E-state index contributed by atoms with van der Waals surface area (Å²) in [5.41, 5.74) is 2.38. The van der Waals surface area contributed by atoms with Crippen molar-refractivity contribution in [3.63, 3.8) is 0 Å². The summed E-state index contributed by atoms with van der Waals surface area (Å²) in [7, 11) is 0. The number of aliphatic hydroxyl groups is 1. The Labute approximate surface area is 147 Å². The summed E-state index contributed by atoms with van der Waals surface area (Å²) in [5, 5.41) is 23.7. The fourth-order valence-electron chi connectivity index (χ4n) is 3.28. The summed E-state index contributed by atoms with van der Waals surface area (Å²) in [6, 6.07) is 15.7. The first-order chi connectivity index (χ1) is 12.2. The van der Waals surface area contributed by atoms with Gasteiger partial charge in [0.15, 0.2) is 0 Å². The standard InChI is InChI=1S/C19H23N3O3/c23-14-16-6-7-17(12-19(16)22(24)25)20-18-9-11-21(13-18)10-8-15-4-2-1-3-5-15/h1-7,12,18,20,23H,8-11,13-14H2. The Morgan fingerprint density at radius 2 is 2.04 bits per heavy atom. The first-order valence-electron chi connectivity index (χ1n) is 8.56. The molecule has 1 aliphatic heterocycles. The third-order valence-corrected chi connectivity index (χ3v) is 4.66. The van der Waals surface area contributed by atoms with Gasteiger partial charge in [0.25, 0.3) is 5.69 Å². The van der Waals surface area contributed by atoms with E-state index in [1.54, 1.807) is 12.1 Å². The van der Waals surface area contributed by atoms with E-state index < -0.39 is 4.92 Å². The van der Waals surface area contributed by atoms with Crippen LogP contribution in [-0.2, 0) is 13.0 Å². The number of aliphatic hydroxyl groups excluding tert-OH is 1. The molecule has 25 heavy (non-hydrogen) atoms. The minimum atomic E-state index is -0.447. The second kappa shape index (κ2) is 8.09. The number of rotatable bonds is 7. The number of nitro groups is 1. The fourth-order valence-corrected chi connectivity index (χ4v) is 3.28. The summed E-state index contributed by atoms with van der Waals surface area (Å²) < 4.78 is 0. The molecule has 1 atom stereocenters. The van der Waals surface area contributed by atoms with Gasteiger partial charge in [-0.25, -0.2) is 0 Å². The van der Waals surface area contributed by atoms with Crippen molar-refractivity contribution in [1.29, 1.82) is 0 Å². The van der Waals surface area contributed by atoms with Crippen LogP contribution in [-0.4, -0.2) is 40.6 Å². The Balaban J connectivity index is 1.54. The minimum absolute atomic E-state index is 0.0357. The van der Waals surface area contributed by atoms with Gasteiger partial charge in [-0.1, -0.05) is 30.3 Å². The van der Waals surface area contributed by atoms with Crippen LogP contribution in [0, 0.1) is 10.1 Å². The second-order valence-corrected chi connectivity index (χ2v) is 6.42. The summed E-state index contributed by atoms with van der Waals surface area (Å²) in [4.78, 5) is 13.1. The average molecular weight is 341 g/mol. The maximum Gasteiger partial charge on any atom is 0.276 e. The molecule has 1 saturated heterocycles. The molecule has 0 bridgehead atoms. The number of nitro benzene ring substituents is 1. The van der Waals surface area contributed by atoms with Gasteiger partial charge in [0.05, 0.1) is 17.1 Å². The fraction of sp³-hybridized carbons (Fsp3) is 0.368. The Morgan fingerprint density at radius 1 is 1.24 bits per heavy atom. The van der Waals surface area contributed by atoms with E-state index in [0.29, 0.717) is 5.56 Å². The van der Waals surface area contributed by atoms with E-state index >= 15 is 0 Å².